The molecule has 1 heterocycles. The first kappa shape index (κ1) is 15.0. The highest BCUT2D eigenvalue weighted by molar-refractivity contribution is 6.30. The quantitative estimate of drug-likeness (QED) is 0.856. The van der Waals surface area contributed by atoms with E-state index in [0.29, 0.717) is 6.04 Å². The first-order chi connectivity index (χ1) is 9.70. The van der Waals surface area contributed by atoms with Crippen molar-refractivity contribution in [2.75, 3.05) is 6.54 Å². The molecule has 2 nitrogen and oxygen atoms in total. The highest BCUT2D eigenvalue weighted by Gasteiger charge is 2.14. The minimum atomic E-state index is 0.296. The maximum absolute atomic E-state index is 5.95. The normalized spacial score (nSPS) is 12.3. The number of rotatable bonds is 6. The van der Waals surface area contributed by atoms with Crippen LogP contribution in [0.2, 0.25) is 5.02 Å². The van der Waals surface area contributed by atoms with Gasteiger partial charge in [0.05, 0.1) is 0 Å². The summed E-state index contributed by atoms with van der Waals surface area (Å²) in [7, 11) is 0. The second kappa shape index (κ2) is 7.41. The van der Waals surface area contributed by atoms with Crippen LogP contribution in [0.1, 0.15) is 36.2 Å². The van der Waals surface area contributed by atoms with Crippen molar-refractivity contribution in [2.45, 2.75) is 32.7 Å². The first-order valence-electron chi connectivity index (χ1n) is 7.10. The highest BCUT2D eigenvalue weighted by atomic mass is 35.5. The van der Waals surface area contributed by atoms with Gasteiger partial charge in [-0.1, -0.05) is 36.7 Å². The lowest BCUT2D eigenvalue weighted by Gasteiger charge is -2.20. The number of hydrogen-bond acceptors (Lipinski definition) is 2. The molecule has 0 saturated carbocycles. The lowest BCUT2D eigenvalue weighted by molar-refractivity contribution is 0.525. The maximum atomic E-state index is 5.95. The van der Waals surface area contributed by atoms with Gasteiger partial charge in [-0.25, -0.2) is 0 Å². The van der Waals surface area contributed by atoms with Crippen molar-refractivity contribution in [3.63, 3.8) is 0 Å². The average Bonchev–Trinajstić information content (AvgIpc) is 2.46. The van der Waals surface area contributed by atoms with Crippen LogP contribution in [0.5, 0.6) is 0 Å². The monoisotopic (exact) mass is 288 g/mol. The van der Waals surface area contributed by atoms with Crippen molar-refractivity contribution in [3.05, 3.63) is 64.4 Å². The molecule has 1 unspecified atom stereocenters. The Morgan fingerprint density at radius 1 is 1.20 bits per heavy atom. The van der Waals surface area contributed by atoms with Crippen molar-refractivity contribution >= 4 is 11.6 Å². The minimum Gasteiger partial charge on any atom is -0.310 e. The lowest BCUT2D eigenvalue weighted by atomic mass is 9.98. The fraction of sp³-hybridized carbons (Fsp3) is 0.353. The van der Waals surface area contributed by atoms with E-state index in [9.17, 15) is 0 Å². The van der Waals surface area contributed by atoms with Gasteiger partial charge in [0.2, 0.25) is 0 Å². The van der Waals surface area contributed by atoms with Crippen molar-refractivity contribution in [1.29, 1.82) is 0 Å². The second-order valence-corrected chi connectivity index (χ2v) is 5.45. The first-order valence-corrected chi connectivity index (χ1v) is 7.48. The molecule has 0 aliphatic carbocycles. The van der Waals surface area contributed by atoms with Gasteiger partial charge in [-0.15, -0.1) is 0 Å². The van der Waals surface area contributed by atoms with Crippen LogP contribution in [0.25, 0.3) is 0 Å². The molecule has 0 bridgehead atoms. The molecule has 1 atom stereocenters. The maximum Gasteiger partial charge on any atom is 0.0420 e. The van der Waals surface area contributed by atoms with Crippen LogP contribution in [-0.4, -0.2) is 11.5 Å². The molecule has 0 aliphatic heterocycles. The molecule has 3 heteroatoms. The SMILES string of the molecule is CCCNC(Cc1ccc(Cl)cc1)c1cccnc1C. The second-order valence-electron chi connectivity index (χ2n) is 5.02. The Kier molecular flexibility index (Phi) is 5.57. The van der Waals surface area contributed by atoms with Crippen molar-refractivity contribution in [2.24, 2.45) is 0 Å². The number of aryl methyl sites for hydroxylation is 1. The van der Waals surface area contributed by atoms with Crippen molar-refractivity contribution in [3.8, 4) is 0 Å². The topological polar surface area (TPSA) is 24.9 Å². The van der Waals surface area contributed by atoms with Crippen LogP contribution in [0.4, 0.5) is 0 Å². The third kappa shape index (κ3) is 4.06. The zero-order chi connectivity index (χ0) is 14.4. The van der Waals surface area contributed by atoms with E-state index in [-0.39, 0.29) is 0 Å². The summed E-state index contributed by atoms with van der Waals surface area (Å²) in [5, 5.41) is 4.40. The lowest BCUT2D eigenvalue weighted by Crippen LogP contribution is -2.25. The van der Waals surface area contributed by atoms with Crippen LogP contribution in [0.3, 0.4) is 0 Å². The number of nitrogens with one attached hydrogen (secondary N) is 1. The molecule has 0 radical (unpaired) electrons. The predicted molar refractivity (Wildman–Crippen MR) is 85.2 cm³/mol. The third-order valence-corrected chi connectivity index (χ3v) is 3.67. The van der Waals surface area contributed by atoms with Gasteiger partial charge in [-0.3, -0.25) is 4.98 Å². The third-order valence-electron chi connectivity index (χ3n) is 3.42. The average molecular weight is 289 g/mol. The molecule has 0 amide bonds. The van der Waals surface area contributed by atoms with Gasteiger partial charge in [0.15, 0.2) is 0 Å². The van der Waals surface area contributed by atoms with E-state index in [4.69, 9.17) is 11.6 Å². The summed E-state index contributed by atoms with van der Waals surface area (Å²) in [5.41, 5.74) is 3.65. The smallest absolute Gasteiger partial charge is 0.0420 e. The van der Waals surface area contributed by atoms with Gasteiger partial charge in [0.1, 0.15) is 0 Å². The van der Waals surface area contributed by atoms with E-state index in [0.717, 1.165) is 30.1 Å². The van der Waals surface area contributed by atoms with Crippen LogP contribution < -0.4 is 5.32 Å². The number of nitrogens with zero attached hydrogens (tertiary/aromatic N) is 1. The standard InChI is InChI=1S/C17H21ClN2/c1-3-10-20-17(16-5-4-11-19-13(16)2)12-14-6-8-15(18)9-7-14/h4-9,11,17,20H,3,10,12H2,1-2H3. The fourth-order valence-electron chi connectivity index (χ4n) is 2.33. The Morgan fingerprint density at radius 2 is 1.95 bits per heavy atom. The Labute approximate surface area is 126 Å². The molecule has 2 rings (SSSR count). The predicted octanol–water partition coefficient (Wildman–Crippen LogP) is 4.33. The molecule has 0 spiro atoms. The molecular formula is C17H21ClN2. The van der Waals surface area contributed by atoms with Gasteiger partial charge in [0, 0.05) is 23.0 Å². The van der Waals surface area contributed by atoms with E-state index in [1.165, 1.54) is 11.1 Å². The summed E-state index contributed by atoms with van der Waals surface area (Å²) < 4.78 is 0. The summed E-state index contributed by atoms with van der Waals surface area (Å²) >= 11 is 5.95. The Morgan fingerprint density at radius 3 is 2.60 bits per heavy atom. The van der Waals surface area contributed by atoms with Gasteiger partial charge in [0.25, 0.3) is 0 Å². The Hall–Kier alpha value is -1.38. The van der Waals surface area contributed by atoms with E-state index in [1.807, 2.05) is 24.4 Å². The zero-order valence-electron chi connectivity index (χ0n) is 12.1. The zero-order valence-corrected chi connectivity index (χ0v) is 12.8. The van der Waals surface area contributed by atoms with E-state index >= 15 is 0 Å². The Bertz CT molecular complexity index is 537. The highest BCUT2D eigenvalue weighted by Crippen LogP contribution is 2.21. The summed E-state index contributed by atoms with van der Waals surface area (Å²) in [6.45, 7) is 5.26. The van der Waals surface area contributed by atoms with E-state index in [2.05, 4.69) is 42.3 Å². The van der Waals surface area contributed by atoms with Gasteiger partial charge >= 0.3 is 0 Å². The summed E-state index contributed by atoms with van der Waals surface area (Å²) in [4.78, 5) is 4.40. The van der Waals surface area contributed by atoms with Gasteiger partial charge in [-0.05, 0) is 55.6 Å². The van der Waals surface area contributed by atoms with Gasteiger partial charge in [-0.2, -0.15) is 0 Å². The largest absolute Gasteiger partial charge is 0.310 e. The molecule has 0 saturated heterocycles. The fourth-order valence-corrected chi connectivity index (χ4v) is 2.46. The van der Waals surface area contributed by atoms with Crippen LogP contribution in [-0.2, 0) is 6.42 Å². The summed E-state index contributed by atoms with van der Waals surface area (Å²) in [5.74, 6) is 0. The molecule has 1 N–H and O–H groups in total. The molecular weight excluding hydrogens is 268 g/mol. The number of benzene rings is 1. The molecule has 20 heavy (non-hydrogen) atoms. The van der Waals surface area contributed by atoms with Crippen LogP contribution in [0.15, 0.2) is 42.6 Å². The van der Waals surface area contributed by atoms with E-state index < -0.39 is 0 Å². The molecule has 1 aromatic carbocycles. The number of hydrogen-bond donors (Lipinski definition) is 1. The number of aromatic nitrogens is 1. The molecule has 0 aliphatic rings. The van der Waals surface area contributed by atoms with Crippen LogP contribution >= 0.6 is 11.6 Å². The number of halogens is 1. The molecule has 2 aromatic rings. The van der Waals surface area contributed by atoms with Crippen molar-refractivity contribution in [1.82, 2.24) is 10.3 Å². The molecule has 0 fully saturated rings. The van der Waals surface area contributed by atoms with Crippen LogP contribution in [0, 0.1) is 6.92 Å². The van der Waals surface area contributed by atoms with Crippen molar-refractivity contribution < 1.29 is 0 Å². The number of pyridine rings is 1. The Balaban J connectivity index is 2.19. The summed E-state index contributed by atoms with van der Waals surface area (Å²) in [6.07, 6.45) is 3.91. The van der Waals surface area contributed by atoms with Gasteiger partial charge < -0.3 is 5.32 Å². The van der Waals surface area contributed by atoms with E-state index in [1.54, 1.807) is 0 Å². The summed E-state index contributed by atoms with van der Waals surface area (Å²) in [6, 6.07) is 12.5. The molecule has 1 aromatic heterocycles. The molecule has 106 valence electrons. The minimum absolute atomic E-state index is 0.296.